The molecule has 1 fully saturated rings. The number of aliphatic carboxylic acids is 1. The van der Waals surface area contributed by atoms with Crippen LogP contribution in [0.3, 0.4) is 0 Å². The fourth-order valence-corrected chi connectivity index (χ4v) is 3.21. The zero-order valence-electron chi connectivity index (χ0n) is 11.0. The number of carboxylic acids is 1. The number of carboxylic acid groups (broad SMARTS) is 1. The van der Waals surface area contributed by atoms with Crippen molar-refractivity contribution in [2.45, 2.75) is 25.8 Å². The molecule has 1 atom stereocenters. The summed E-state index contributed by atoms with van der Waals surface area (Å²) in [6, 6.07) is 6.59. The van der Waals surface area contributed by atoms with Crippen molar-refractivity contribution in [2.24, 2.45) is 0 Å². The number of carbonyl (C=O) groups is 1. The van der Waals surface area contributed by atoms with Gasteiger partial charge in [-0.15, -0.1) is 0 Å². The number of hydrogen-bond donors (Lipinski definition) is 2. The number of hydrogen-bond acceptors (Lipinski definition) is 3. The van der Waals surface area contributed by atoms with Crippen molar-refractivity contribution in [1.29, 1.82) is 0 Å². The quantitative estimate of drug-likeness (QED) is 0.892. The third kappa shape index (κ3) is 3.94. The lowest BCUT2D eigenvalue weighted by molar-refractivity contribution is -0.136. The molecule has 19 heavy (non-hydrogen) atoms. The fraction of sp³-hybridized carbons (Fsp3) is 0.500. The number of rotatable bonds is 4. The number of nitrogens with one attached hydrogen (secondary N) is 1. The largest absolute Gasteiger partial charge is 0.480 e. The predicted molar refractivity (Wildman–Crippen MR) is 79.8 cm³/mol. The SMILES string of the molecule is Cc1ccc(N2CCCC(NCC(=O)O)C2)c(Br)c1. The highest BCUT2D eigenvalue weighted by Gasteiger charge is 2.21. The highest BCUT2D eigenvalue weighted by atomic mass is 79.9. The maximum atomic E-state index is 10.6. The summed E-state index contributed by atoms with van der Waals surface area (Å²) >= 11 is 3.61. The molecule has 0 spiro atoms. The molecule has 1 aliphatic heterocycles. The molecule has 1 aliphatic rings. The average molecular weight is 327 g/mol. The van der Waals surface area contributed by atoms with E-state index in [0.29, 0.717) is 0 Å². The summed E-state index contributed by atoms with van der Waals surface area (Å²) in [5.74, 6) is -0.798. The van der Waals surface area contributed by atoms with Crippen molar-refractivity contribution in [2.75, 3.05) is 24.5 Å². The van der Waals surface area contributed by atoms with Gasteiger partial charge < -0.3 is 15.3 Å². The van der Waals surface area contributed by atoms with Gasteiger partial charge in [-0.1, -0.05) is 6.07 Å². The molecule has 1 saturated heterocycles. The number of nitrogens with zero attached hydrogens (tertiary/aromatic N) is 1. The second-order valence-corrected chi connectivity index (χ2v) is 5.87. The third-order valence-electron chi connectivity index (χ3n) is 3.41. The molecule has 1 aromatic carbocycles. The zero-order chi connectivity index (χ0) is 13.8. The Hall–Kier alpha value is -1.07. The molecule has 1 heterocycles. The maximum absolute atomic E-state index is 10.6. The van der Waals surface area contributed by atoms with Crippen LogP contribution in [0, 0.1) is 6.92 Å². The molecule has 0 radical (unpaired) electrons. The van der Waals surface area contributed by atoms with Crippen LogP contribution in [0.15, 0.2) is 22.7 Å². The normalized spacial score (nSPS) is 19.5. The van der Waals surface area contributed by atoms with E-state index in [1.807, 2.05) is 0 Å². The van der Waals surface area contributed by atoms with Gasteiger partial charge in [-0.2, -0.15) is 0 Å². The van der Waals surface area contributed by atoms with Crippen LogP contribution in [0.5, 0.6) is 0 Å². The smallest absolute Gasteiger partial charge is 0.317 e. The minimum atomic E-state index is -0.798. The number of piperidine rings is 1. The summed E-state index contributed by atoms with van der Waals surface area (Å²) in [6.07, 6.45) is 2.12. The first kappa shape index (κ1) is 14.3. The van der Waals surface area contributed by atoms with E-state index in [1.165, 1.54) is 11.3 Å². The van der Waals surface area contributed by atoms with Crippen molar-refractivity contribution in [1.82, 2.24) is 5.32 Å². The molecule has 2 rings (SSSR count). The lowest BCUT2D eigenvalue weighted by Crippen LogP contribution is -2.47. The van der Waals surface area contributed by atoms with E-state index in [9.17, 15) is 4.79 Å². The van der Waals surface area contributed by atoms with Gasteiger partial charge in [0.1, 0.15) is 0 Å². The summed E-state index contributed by atoms with van der Waals surface area (Å²) < 4.78 is 1.10. The Morgan fingerprint density at radius 3 is 3.05 bits per heavy atom. The van der Waals surface area contributed by atoms with E-state index in [2.05, 4.69) is 51.3 Å². The second-order valence-electron chi connectivity index (χ2n) is 5.01. The topological polar surface area (TPSA) is 52.6 Å². The Bertz CT molecular complexity index is 465. The van der Waals surface area contributed by atoms with Crippen molar-refractivity contribution in [3.8, 4) is 0 Å². The second kappa shape index (κ2) is 6.39. The number of anilines is 1. The van der Waals surface area contributed by atoms with E-state index in [1.54, 1.807) is 0 Å². The molecule has 0 saturated carbocycles. The lowest BCUT2D eigenvalue weighted by Gasteiger charge is -2.35. The van der Waals surface area contributed by atoms with Gasteiger partial charge in [0.05, 0.1) is 12.2 Å². The highest BCUT2D eigenvalue weighted by molar-refractivity contribution is 9.10. The van der Waals surface area contributed by atoms with E-state index in [-0.39, 0.29) is 12.6 Å². The van der Waals surface area contributed by atoms with Gasteiger partial charge in [-0.05, 0) is 53.4 Å². The van der Waals surface area contributed by atoms with Crippen LogP contribution in [-0.2, 0) is 4.79 Å². The molecule has 2 N–H and O–H groups in total. The Morgan fingerprint density at radius 2 is 2.37 bits per heavy atom. The summed E-state index contributed by atoms with van der Waals surface area (Å²) in [5, 5.41) is 11.8. The average Bonchev–Trinajstić information content (AvgIpc) is 2.36. The first-order valence-corrected chi connectivity index (χ1v) is 7.32. The summed E-state index contributed by atoms with van der Waals surface area (Å²) in [4.78, 5) is 12.9. The maximum Gasteiger partial charge on any atom is 0.317 e. The van der Waals surface area contributed by atoms with Crippen LogP contribution < -0.4 is 10.2 Å². The van der Waals surface area contributed by atoms with Gasteiger partial charge in [-0.3, -0.25) is 4.79 Å². The Kier molecular flexibility index (Phi) is 4.82. The molecule has 4 nitrogen and oxygen atoms in total. The van der Waals surface area contributed by atoms with Crippen LogP contribution in [0.4, 0.5) is 5.69 Å². The standard InChI is InChI=1S/C14H19BrN2O2/c1-10-4-5-13(12(15)7-10)17-6-2-3-11(9-17)16-8-14(18)19/h4-5,7,11,16H,2-3,6,8-9H2,1H3,(H,18,19). The first-order valence-electron chi connectivity index (χ1n) is 6.52. The Labute approximate surface area is 121 Å². The third-order valence-corrected chi connectivity index (χ3v) is 4.04. The molecule has 0 amide bonds. The highest BCUT2D eigenvalue weighted by Crippen LogP contribution is 2.29. The predicted octanol–water partition coefficient (Wildman–Crippen LogP) is 2.40. The molecule has 0 bridgehead atoms. The molecule has 1 aromatic rings. The molecule has 0 aliphatic carbocycles. The molecular weight excluding hydrogens is 308 g/mol. The van der Waals surface area contributed by atoms with Crippen LogP contribution in [0.1, 0.15) is 18.4 Å². The molecular formula is C14H19BrN2O2. The van der Waals surface area contributed by atoms with Crippen LogP contribution in [0.25, 0.3) is 0 Å². The van der Waals surface area contributed by atoms with Crippen LogP contribution in [0.2, 0.25) is 0 Å². The minimum absolute atomic E-state index is 0.0353. The Balaban J connectivity index is 2.02. The van der Waals surface area contributed by atoms with Crippen LogP contribution >= 0.6 is 15.9 Å². The zero-order valence-corrected chi connectivity index (χ0v) is 12.6. The van der Waals surface area contributed by atoms with Gasteiger partial charge in [0.15, 0.2) is 0 Å². The Morgan fingerprint density at radius 1 is 1.58 bits per heavy atom. The monoisotopic (exact) mass is 326 g/mol. The number of benzene rings is 1. The summed E-state index contributed by atoms with van der Waals surface area (Å²) in [5.41, 5.74) is 2.42. The number of aryl methyl sites for hydroxylation is 1. The van der Waals surface area contributed by atoms with Crippen molar-refractivity contribution in [3.63, 3.8) is 0 Å². The van der Waals surface area contributed by atoms with Crippen molar-refractivity contribution in [3.05, 3.63) is 28.2 Å². The van der Waals surface area contributed by atoms with Crippen LogP contribution in [-0.4, -0.2) is 36.8 Å². The van der Waals surface area contributed by atoms with Gasteiger partial charge in [0.25, 0.3) is 0 Å². The van der Waals surface area contributed by atoms with E-state index in [4.69, 9.17) is 5.11 Å². The first-order chi connectivity index (χ1) is 9.06. The van der Waals surface area contributed by atoms with E-state index < -0.39 is 5.97 Å². The summed E-state index contributed by atoms with van der Waals surface area (Å²) in [7, 11) is 0. The van der Waals surface area contributed by atoms with E-state index in [0.717, 1.165) is 30.4 Å². The minimum Gasteiger partial charge on any atom is -0.480 e. The van der Waals surface area contributed by atoms with Gasteiger partial charge >= 0.3 is 5.97 Å². The number of halogens is 1. The van der Waals surface area contributed by atoms with Crippen molar-refractivity contribution >= 4 is 27.6 Å². The van der Waals surface area contributed by atoms with Crippen molar-refractivity contribution < 1.29 is 9.90 Å². The summed E-state index contributed by atoms with van der Waals surface area (Å²) in [6.45, 7) is 3.98. The van der Waals surface area contributed by atoms with E-state index >= 15 is 0 Å². The lowest BCUT2D eigenvalue weighted by atomic mass is 10.0. The molecule has 104 valence electrons. The van der Waals surface area contributed by atoms with Gasteiger partial charge in [-0.25, -0.2) is 0 Å². The fourth-order valence-electron chi connectivity index (χ4n) is 2.46. The molecule has 5 heteroatoms. The van der Waals surface area contributed by atoms with Gasteiger partial charge in [0, 0.05) is 23.6 Å². The van der Waals surface area contributed by atoms with Gasteiger partial charge in [0.2, 0.25) is 0 Å². The molecule has 0 aromatic heterocycles. The molecule has 1 unspecified atom stereocenters.